The van der Waals surface area contributed by atoms with Gasteiger partial charge in [-0.15, -0.1) is 0 Å². The molecule has 11 aromatic rings. The van der Waals surface area contributed by atoms with E-state index in [1.807, 2.05) is 0 Å². The predicted molar refractivity (Wildman–Crippen MR) is 205 cm³/mol. The Morgan fingerprint density at radius 2 is 0.792 bits per heavy atom. The third-order valence-electron chi connectivity index (χ3n) is 10.4. The maximum Gasteiger partial charge on any atom is 0.0626 e. The molecule has 0 spiro atoms. The maximum atomic E-state index is 2.48. The van der Waals surface area contributed by atoms with Crippen LogP contribution < -0.4 is 0 Å². The highest BCUT2D eigenvalue weighted by Crippen LogP contribution is 2.44. The van der Waals surface area contributed by atoms with Crippen LogP contribution in [0.2, 0.25) is 0 Å². The fraction of sp³-hybridized carbons (Fsp3) is 0. The second-order valence-electron chi connectivity index (χ2n) is 12.9. The van der Waals surface area contributed by atoms with Crippen LogP contribution in [-0.4, -0.2) is 9.13 Å². The Balaban J connectivity index is 1.22. The summed E-state index contributed by atoms with van der Waals surface area (Å²) in [6, 6.07) is 62.5. The average molecular weight is 609 g/mol. The lowest BCUT2D eigenvalue weighted by atomic mass is 9.93. The first kappa shape index (κ1) is 25.8. The van der Waals surface area contributed by atoms with Gasteiger partial charge in [0.05, 0.1) is 22.1 Å². The lowest BCUT2D eigenvalue weighted by Gasteiger charge is -2.15. The van der Waals surface area contributed by atoms with Crippen LogP contribution in [0.1, 0.15) is 0 Å². The van der Waals surface area contributed by atoms with Gasteiger partial charge in [0.25, 0.3) is 0 Å². The van der Waals surface area contributed by atoms with Crippen molar-refractivity contribution in [2.75, 3.05) is 0 Å². The Kier molecular flexibility index (Phi) is 5.14. The average Bonchev–Trinajstić information content (AvgIpc) is 3.67. The van der Waals surface area contributed by atoms with Gasteiger partial charge in [-0.1, -0.05) is 121 Å². The van der Waals surface area contributed by atoms with E-state index in [0.717, 1.165) is 11.4 Å². The highest BCUT2D eigenvalue weighted by atomic mass is 15.0. The normalized spacial score (nSPS) is 12.2. The van der Waals surface area contributed by atoms with Gasteiger partial charge in [-0.3, -0.25) is 0 Å². The molecule has 0 unspecified atom stereocenters. The van der Waals surface area contributed by atoms with Crippen LogP contribution in [0.3, 0.4) is 0 Å². The van der Waals surface area contributed by atoms with Gasteiger partial charge < -0.3 is 9.13 Å². The van der Waals surface area contributed by atoms with Crippen LogP contribution in [0.4, 0.5) is 0 Å². The van der Waals surface area contributed by atoms with E-state index in [9.17, 15) is 0 Å². The predicted octanol–water partition coefficient (Wildman–Crippen LogP) is 12.5. The molecule has 0 aliphatic rings. The zero-order chi connectivity index (χ0) is 31.3. The minimum Gasteiger partial charge on any atom is -0.309 e. The van der Waals surface area contributed by atoms with E-state index in [1.54, 1.807) is 0 Å². The summed E-state index contributed by atoms with van der Waals surface area (Å²) in [5.74, 6) is 0. The van der Waals surface area contributed by atoms with Gasteiger partial charge in [-0.05, 0) is 86.2 Å². The van der Waals surface area contributed by atoms with E-state index in [2.05, 4.69) is 179 Å². The third kappa shape index (κ3) is 3.41. The molecule has 9 aromatic carbocycles. The zero-order valence-corrected chi connectivity index (χ0v) is 26.1. The summed E-state index contributed by atoms with van der Waals surface area (Å²) in [5, 5.41) is 15.4. The summed E-state index contributed by atoms with van der Waals surface area (Å²) in [4.78, 5) is 0. The van der Waals surface area contributed by atoms with Crippen molar-refractivity contribution in [2.45, 2.75) is 0 Å². The Labute approximate surface area is 276 Å². The molecule has 0 radical (unpaired) electrons. The topological polar surface area (TPSA) is 9.86 Å². The molecule has 2 aromatic heterocycles. The van der Waals surface area contributed by atoms with Gasteiger partial charge >= 0.3 is 0 Å². The fourth-order valence-electron chi connectivity index (χ4n) is 8.40. The van der Waals surface area contributed by atoms with Crippen molar-refractivity contribution in [1.82, 2.24) is 9.13 Å². The SMILES string of the molecule is c1ccc2cc3c(cc2c1)c1ccccc1n3-c1ccc(-n2c3ccccc3c3c4ccccc4c4c5ccccc5ccc4c32)cc1. The number of hydrogen-bond donors (Lipinski definition) is 0. The summed E-state index contributed by atoms with van der Waals surface area (Å²) in [7, 11) is 0. The highest BCUT2D eigenvalue weighted by Gasteiger charge is 2.20. The fourth-order valence-corrected chi connectivity index (χ4v) is 8.40. The molecule has 0 aliphatic carbocycles. The van der Waals surface area contributed by atoms with E-state index in [0.29, 0.717) is 0 Å². The molecule has 0 amide bonds. The highest BCUT2D eigenvalue weighted by molar-refractivity contribution is 6.36. The standard InChI is InChI=1S/C46H28N2/c1-2-13-31-28-43-40(27-30(31)12-1)35-15-7-9-19-41(35)47(43)32-22-24-33(25-23-32)48-42-20-10-8-18-38(42)45-37-17-6-5-16-36(37)44-34-14-4-3-11-29(34)21-26-39(44)46(45)48/h1-28H. The largest absolute Gasteiger partial charge is 0.309 e. The van der Waals surface area contributed by atoms with E-state index in [1.165, 1.54) is 86.7 Å². The number of nitrogens with zero attached hydrogens (tertiary/aromatic N) is 2. The van der Waals surface area contributed by atoms with Crippen molar-refractivity contribution in [3.63, 3.8) is 0 Å². The molecule has 2 nitrogen and oxygen atoms in total. The van der Waals surface area contributed by atoms with Crippen LogP contribution in [-0.2, 0) is 0 Å². The molecule has 0 atom stereocenters. The second kappa shape index (κ2) is 9.57. The number of para-hydroxylation sites is 2. The quantitative estimate of drug-likeness (QED) is 0.173. The molecule has 0 saturated carbocycles. The third-order valence-corrected chi connectivity index (χ3v) is 10.4. The summed E-state index contributed by atoms with van der Waals surface area (Å²) in [6.45, 7) is 0. The minimum absolute atomic E-state index is 1.15. The van der Waals surface area contributed by atoms with E-state index < -0.39 is 0 Å². The maximum absolute atomic E-state index is 2.48. The van der Waals surface area contributed by atoms with E-state index in [4.69, 9.17) is 0 Å². The lowest BCUT2D eigenvalue weighted by molar-refractivity contribution is 1.15. The Bertz CT molecular complexity index is 3100. The first-order chi connectivity index (χ1) is 23.8. The number of rotatable bonds is 2. The molecule has 2 heterocycles. The van der Waals surface area contributed by atoms with E-state index >= 15 is 0 Å². The molecule has 0 fully saturated rings. The number of aromatic nitrogens is 2. The molecule has 222 valence electrons. The van der Waals surface area contributed by atoms with Gasteiger partial charge in [-0.2, -0.15) is 0 Å². The lowest BCUT2D eigenvalue weighted by Crippen LogP contribution is -1.98. The van der Waals surface area contributed by atoms with E-state index in [-0.39, 0.29) is 0 Å². The van der Waals surface area contributed by atoms with Crippen molar-refractivity contribution < 1.29 is 0 Å². The molecule has 2 heteroatoms. The second-order valence-corrected chi connectivity index (χ2v) is 12.9. The van der Waals surface area contributed by atoms with Crippen molar-refractivity contribution in [3.8, 4) is 11.4 Å². The molecule has 0 saturated heterocycles. The molecular weight excluding hydrogens is 581 g/mol. The van der Waals surface area contributed by atoms with Gasteiger partial charge in [0.15, 0.2) is 0 Å². The number of benzene rings is 9. The number of fused-ring (bicyclic) bond motifs is 14. The van der Waals surface area contributed by atoms with Crippen LogP contribution in [0.25, 0.3) is 98.1 Å². The smallest absolute Gasteiger partial charge is 0.0626 e. The summed E-state index contributed by atoms with van der Waals surface area (Å²) in [5.41, 5.74) is 7.23. The van der Waals surface area contributed by atoms with Crippen molar-refractivity contribution in [2.24, 2.45) is 0 Å². The Morgan fingerprint density at radius 3 is 1.52 bits per heavy atom. The van der Waals surface area contributed by atoms with Gasteiger partial charge in [-0.25, -0.2) is 0 Å². The molecule has 0 N–H and O–H groups in total. The summed E-state index contributed by atoms with van der Waals surface area (Å²) in [6.07, 6.45) is 0. The molecule has 11 rings (SSSR count). The van der Waals surface area contributed by atoms with Crippen LogP contribution >= 0.6 is 0 Å². The summed E-state index contributed by atoms with van der Waals surface area (Å²) < 4.78 is 4.90. The van der Waals surface area contributed by atoms with Crippen molar-refractivity contribution in [3.05, 3.63) is 170 Å². The van der Waals surface area contributed by atoms with Gasteiger partial charge in [0.1, 0.15) is 0 Å². The molecule has 0 bridgehead atoms. The van der Waals surface area contributed by atoms with Crippen LogP contribution in [0, 0.1) is 0 Å². The molecular formula is C46H28N2. The molecule has 0 aliphatic heterocycles. The van der Waals surface area contributed by atoms with Gasteiger partial charge in [0, 0.05) is 38.3 Å². The monoisotopic (exact) mass is 608 g/mol. The first-order valence-electron chi connectivity index (χ1n) is 16.6. The zero-order valence-electron chi connectivity index (χ0n) is 26.1. The molecule has 48 heavy (non-hydrogen) atoms. The van der Waals surface area contributed by atoms with Crippen molar-refractivity contribution in [1.29, 1.82) is 0 Å². The van der Waals surface area contributed by atoms with Gasteiger partial charge in [0.2, 0.25) is 0 Å². The number of hydrogen-bond acceptors (Lipinski definition) is 0. The minimum atomic E-state index is 1.15. The first-order valence-corrected chi connectivity index (χ1v) is 16.6. The Hall–Kier alpha value is -6.38. The van der Waals surface area contributed by atoms with Crippen LogP contribution in [0.15, 0.2) is 170 Å². The summed E-state index contributed by atoms with van der Waals surface area (Å²) >= 11 is 0. The van der Waals surface area contributed by atoms with Crippen molar-refractivity contribution >= 4 is 86.7 Å². The van der Waals surface area contributed by atoms with Crippen LogP contribution in [0.5, 0.6) is 0 Å². The Morgan fingerprint density at radius 1 is 0.271 bits per heavy atom.